The molecule has 0 saturated carbocycles. The van der Waals surface area contributed by atoms with Crippen LogP contribution in [0.4, 0.5) is 5.69 Å². The highest BCUT2D eigenvalue weighted by Gasteiger charge is 2.24. The average molecular weight is 279 g/mol. The van der Waals surface area contributed by atoms with Crippen molar-refractivity contribution >= 4 is 23.0 Å². The Bertz CT molecular complexity index is 570. The molecular formula is C14H17NO3S. The number of carbonyl (C=O) groups is 1. The zero-order valence-corrected chi connectivity index (χ0v) is 12.0. The van der Waals surface area contributed by atoms with Gasteiger partial charge in [-0.2, -0.15) is 0 Å². The molecule has 0 amide bonds. The van der Waals surface area contributed by atoms with Crippen LogP contribution < -0.4 is 5.73 Å². The van der Waals surface area contributed by atoms with Gasteiger partial charge in [-0.25, -0.2) is 4.79 Å². The second kappa shape index (κ2) is 5.48. The van der Waals surface area contributed by atoms with E-state index in [1.807, 2.05) is 6.07 Å². The fraction of sp³-hybridized carbons (Fsp3) is 0.357. The smallest absolute Gasteiger partial charge is 0.350 e. The molecule has 0 radical (unpaired) electrons. The lowest BCUT2D eigenvalue weighted by Crippen LogP contribution is -2.06. The molecule has 2 aromatic heterocycles. The molecule has 0 aliphatic rings. The van der Waals surface area contributed by atoms with E-state index in [2.05, 4.69) is 13.8 Å². The van der Waals surface area contributed by atoms with Crippen LogP contribution in [0.5, 0.6) is 0 Å². The van der Waals surface area contributed by atoms with Gasteiger partial charge in [0.25, 0.3) is 0 Å². The Hall–Kier alpha value is -1.75. The number of hydrogen-bond acceptors (Lipinski definition) is 5. The van der Waals surface area contributed by atoms with Crippen LogP contribution in [0.15, 0.2) is 23.0 Å². The predicted octanol–water partition coefficient (Wildman–Crippen LogP) is 3.89. The maximum absolute atomic E-state index is 11.9. The summed E-state index contributed by atoms with van der Waals surface area (Å²) in [5.41, 5.74) is 8.57. The molecule has 0 aliphatic heterocycles. The predicted molar refractivity (Wildman–Crippen MR) is 76.5 cm³/mol. The summed E-state index contributed by atoms with van der Waals surface area (Å²) in [4.78, 5) is 13.4. The number of nitrogens with two attached hydrogens (primary N) is 1. The maximum Gasteiger partial charge on any atom is 0.350 e. The highest BCUT2D eigenvalue weighted by molar-refractivity contribution is 7.18. The molecule has 19 heavy (non-hydrogen) atoms. The van der Waals surface area contributed by atoms with Gasteiger partial charge in [-0.3, -0.25) is 0 Å². The fourth-order valence-electron chi connectivity index (χ4n) is 1.99. The van der Waals surface area contributed by atoms with E-state index >= 15 is 0 Å². The van der Waals surface area contributed by atoms with Crippen LogP contribution in [0.1, 0.15) is 41.9 Å². The van der Waals surface area contributed by atoms with Crippen molar-refractivity contribution in [2.24, 2.45) is 0 Å². The Kier molecular flexibility index (Phi) is 3.95. The number of furan rings is 1. The molecule has 4 nitrogen and oxygen atoms in total. The highest BCUT2D eigenvalue weighted by Crippen LogP contribution is 2.42. The minimum atomic E-state index is -0.360. The Morgan fingerprint density at radius 2 is 2.26 bits per heavy atom. The van der Waals surface area contributed by atoms with Crippen molar-refractivity contribution in [1.82, 2.24) is 0 Å². The molecule has 2 rings (SSSR count). The Balaban J connectivity index is 2.55. The standard InChI is InChI=1S/C14H17NO3S/c1-4-18-14(16)13-11(15)10(8(2)3)12(19-13)9-5-6-17-7-9/h5-8H,4,15H2,1-3H3. The molecular weight excluding hydrogens is 262 g/mol. The van der Waals surface area contributed by atoms with Crippen LogP contribution in [-0.4, -0.2) is 12.6 Å². The van der Waals surface area contributed by atoms with Gasteiger partial charge in [0.1, 0.15) is 4.88 Å². The van der Waals surface area contributed by atoms with Gasteiger partial charge in [0, 0.05) is 10.4 Å². The van der Waals surface area contributed by atoms with E-state index in [-0.39, 0.29) is 11.9 Å². The average Bonchev–Trinajstić information content (AvgIpc) is 2.95. The first kappa shape index (κ1) is 13.7. The van der Waals surface area contributed by atoms with Crippen LogP contribution in [0.2, 0.25) is 0 Å². The second-order valence-electron chi connectivity index (χ2n) is 4.47. The summed E-state index contributed by atoms with van der Waals surface area (Å²) < 4.78 is 10.2. The monoisotopic (exact) mass is 279 g/mol. The molecule has 0 spiro atoms. The van der Waals surface area contributed by atoms with Crippen molar-refractivity contribution < 1.29 is 13.9 Å². The van der Waals surface area contributed by atoms with Crippen LogP contribution in [-0.2, 0) is 4.74 Å². The molecule has 5 heteroatoms. The van der Waals surface area contributed by atoms with E-state index < -0.39 is 0 Å². The largest absolute Gasteiger partial charge is 0.472 e. The first-order valence-electron chi connectivity index (χ1n) is 6.18. The minimum Gasteiger partial charge on any atom is -0.472 e. The first-order valence-corrected chi connectivity index (χ1v) is 6.99. The van der Waals surface area contributed by atoms with Crippen LogP contribution >= 0.6 is 11.3 Å². The van der Waals surface area contributed by atoms with E-state index in [0.29, 0.717) is 17.2 Å². The summed E-state index contributed by atoms with van der Waals surface area (Å²) in [5, 5.41) is 0. The quantitative estimate of drug-likeness (QED) is 0.862. The Labute approximate surface area is 116 Å². The highest BCUT2D eigenvalue weighted by atomic mass is 32.1. The lowest BCUT2D eigenvalue weighted by atomic mass is 9.99. The van der Waals surface area contributed by atoms with Gasteiger partial charge in [0.15, 0.2) is 0 Å². The number of hydrogen-bond donors (Lipinski definition) is 1. The van der Waals surface area contributed by atoms with E-state index in [1.165, 1.54) is 11.3 Å². The zero-order chi connectivity index (χ0) is 14.0. The van der Waals surface area contributed by atoms with Crippen molar-refractivity contribution in [3.05, 3.63) is 29.0 Å². The summed E-state index contributed by atoms with van der Waals surface area (Å²) in [6.07, 6.45) is 3.27. The normalized spacial score (nSPS) is 10.9. The van der Waals surface area contributed by atoms with Gasteiger partial charge >= 0.3 is 5.97 Å². The molecule has 0 bridgehead atoms. The van der Waals surface area contributed by atoms with Gasteiger partial charge in [-0.15, -0.1) is 11.3 Å². The lowest BCUT2D eigenvalue weighted by Gasteiger charge is -2.07. The molecule has 0 aromatic carbocycles. The molecule has 0 unspecified atom stereocenters. The maximum atomic E-state index is 11.9. The molecule has 102 valence electrons. The number of rotatable bonds is 4. The number of esters is 1. The van der Waals surface area contributed by atoms with E-state index in [4.69, 9.17) is 14.9 Å². The van der Waals surface area contributed by atoms with Crippen molar-refractivity contribution in [3.63, 3.8) is 0 Å². The fourth-order valence-corrected chi connectivity index (χ4v) is 3.24. The third-order valence-electron chi connectivity index (χ3n) is 2.81. The Morgan fingerprint density at radius 1 is 1.53 bits per heavy atom. The topological polar surface area (TPSA) is 65.5 Å². The van der Waals surface area contributed by atoms with Crippen molar-refractivity contribution in [3.8, 4) is 10.4 Å². The molecule has 2 heterocycles. The van der Waals surface area contributed by atoms with Crippen LogP contribution in [0.25, 0.3) is 10.4 Å². The van der Waals surface area contributed by atoms with Crippen molar-refractivity contribution in [2.75, 3.05) is 12.3 Å². The van der Waals surface area contributed by atoms with Gasteiger partial charge in [0.2, 0.25) is 0 Å². The minimum absolute atomic E-state index is 0.226. The van der Waals surface area contributed by atoms with Crippen LogP contribution in [0.3, 0.4) is 0 Å². The number of ether oxygens (including phenoxy) is 1. The van der Waals surface area contributed by atoms with Gasteiger partial charge < -0.3 is 14.9 Å². The zero-order valence-electron chi connectivity index (χ0n) is 11.2. The van der Waals surface area contributed by atoms with Crippen molar-refractivity contribution in [1.29, 1.82) is 0 Å². The molecule has 2 N–H and O–H groups in total. The number of nitrogen functional groups attached to an aromatic ring is 1. The SMILES string of the molecule is CCOC(=O)c1sc(-c2ccoc2)c(C(C)C)c1N. The van der Waals surface area contributed by atoms with Crippen molar-refractivity contribution in [2.45, 2.75) is 26.7 Å². The van der Waals surface area contributed by atoms with E-state index in [0.717, 1.165) is 16.0 Å². The summed E-state index contributed by atoms with van der Waals surface area (Å²) in [5.74, 6) is -0.133. The number of carbonyl (C=O) groups excluding carboxylic acids is 1. The number of thiophene rings is 1. The summed E-state index contributed by atoms with van der Waals surface area (Å²) in [6, 6.07) is 1.87. The van der Waals surface area contributed by atoms with E-state index in [9.17, 15) is 4.79 Å². The third-order valence-corrected chi connectivity index (χ3v) is 4.06. The first-order chi connectivity index (χ1) is 9.06. The summed E-state index contributed by atoms with van der Waals surface area (Å²) in [6.45, 7) is 6.23. The van der Waals surface area contributed by atoms with E-state index in [1.54, 1.807) is 19.5 Å². The number of anilines is 1. The van der Waals surface area contributed by atoms with Crippen LogP contribution in [0, 0.1) is 0 Å². The van der Waals surface area contributed by atoms with Gasteiger partial charge in [-0.05, 0) is 24.5 Å². The third kappa shape index (κ3) is 2.51. The molecule has 0 saturated heterocycles. The molecule has 0 aliphatic carbocycles. The Morgan fingerprint density at radius 3 is 2.79 bits per heavy atom. The second-order valence-corrected chi connectivity index (χ2v) is 5.50. The molecule has 0 atom stereocenters. The lowest BCUT2D eigenvalue weighted by molar-refractivity contribution is 0.0533. The van der Waals surface area contributed by atoms with Gasteiger partial charge in [0.05, 0.1) is 24.8 Å². The summed E-state index contributed by atoms with van der Waals surface area (Å²) >= 11 is 1.36. The molecule has 2 aromatic rings. The molecule has 0 fully saturated rings. The van der Waals surface area contributed by atoms with Gasteiger partial charge in [-0.1, -0.05) is 13.8 Å². The summed E-state index contributed by atoms with van der Waals surface area (Å²) in [7, 11) is 0.